The molecule has 0 N–H and O–H groups in total. The first-order chi connectivity index (χ1) is 9.79. The Morgan fingerprint density at radius 1 is 0.952 bits per heavy atom. The minimum atomic E-state index is -4.19. The largest absolute Gasteiger partial charge is 0.379 e. The molecule has 0 amide bonds. The smallest absolute Gasteiger partial charge is 0.339 e. The number of benzene rings is 2. The van der Waals surface area contributed by atoms with Crippen molar-refractivity contribution in [1.82, 2.24) is 0 Å². The predicted molar refractivity (Wildman–Crippen MR) is 74.7 cm³/mol. The van der Waals surface area contributed by atoms with Gasteiger partial charge in [0.25, 0.3) is 0 Å². The summed E-state index contributed by atoms with van der Waals surface area (Å²) in [5, 5.41) is 0. The highest BCUT2D eigenvalue weighted by Gasteiger charge is 2.19. The van der Waals surface area contributed by atoms with Gasteiger partial charge in [0.1, 0.15) is 10.6 Å². The molecule has 3 nitrogen and oxygen atoms in total. The molecule has 21 heavy (non-hydrogen) atoms. The molecule has 0 atom stereocenters. The zero-order valence-corrected chi connectivity index (χ0v) is 12.3. The Bertz CT molecular complexity index is 738. The topological polar surface area (TPSA) is 43.4 Å². The highest BCUT2D eigenvalue weighted by atomic mass is 32.2. The number of rotatable bonds is 4. The molecule has 0 aliphatic heterocycles. The van der Waals surface area contributed by atoms with Crippen molar-refractivity contribution < 1.29 is 21.4 Å². The molecule has 0 saturated heterocycles. The summed E-state index contributed by atoms with van der Waals surface area (Å²) in [5.74, 6) is -1.93. The third-order valence-corrected chi connectivity index (χ3v) is 4.18. The van der Waals surface area contributed by atoms with Crippen LogP contribution in [0.15, 0.2) is 47.4 Å². The van der Waals surface area contributed by atoms with E-state index in [1.807, 2.05) is 13.8 Å². The van der Waals surface area contributed by atoms with Crippen molar-refractivity contribution in [3.63, 3.8) is 0 Å². The summed E-state index contributed by atoms with van der Waals surface area (Å²) >= 11 is 0. The van der Waals surface area contributed by atoms with Crippen LogP contribution in [0.2, 0.25) is 0 Å². The first kappa shape index (κ1) is 15.4. The summed E-state index contributed by atoms with van der Waals surface area (Å²) < 4.78 is 54.8. The molecule has 0 aromatic heterocycles. The van der Waals surface area contributed by atoms with Crippen molar-refractivity contribution in [3.05, 3.63) is 59.7 Å². The van der Waals surface area contributed by atoms with Crippen LogP contribution >= 0.6 is 0 Å². The summed E-state index contributed by atoms with van der Waals surface area (Å²) in [6.45, 7) is 4.02. The van der Waals surface area contributed by atoms with Crippen LogP contribution in [0.5, 0.6) is 5.75 Å². The fourth-order valence-electron chi connectivity index (χ4n) is 1.72. The summed E-state index contributed by atoms with van der Waals surface area (Å²) in [5.41, 5.74) is 1.03. The lowest BCUT2D eigenvalue weighted by Crippen LogP contribution is -2.10. The second kappa shape index (κ2) is 5.81. The molecule has 2 aromatic rings. The Balaban J connectivity index is 2.26. The molecule has 0 saturated carbocycles. The van der Waals surface area contributed by atoms with Gasteiger partial charge in [-0.05, 0) is 41.8 Å². The standard InChI is InChI=1S/C15H14F2O3S/c1-10(2)11-3-5-12(6-4-11)20-21(18,19)13-7-8-14(16)15(17)9-13/h3-10H,1-2H3. The van der Waals surface area contributed by atoms with Gasteiger partial charge in [-0.3, -0.25) is 0 Å². The maximum atomic E-state index is 13.1. The van der Waals surface area contributed by atoms with Gasteiger partial charge in [-0.1, -0.05) is 26.0 Å². The van der Waals surface area contributed by atoms with Gasteiger partial charge >= 0.3 is 10.1 Å². The summed E-state index contributed by atoms with van der Waals surface area (Å²) in [6, 6.07) is 8.83. The third-order valence-electron chi connectivity index (χ3n) is 2.93. The molecule has 0 spiro atoms. The highest BCUT2D eigenvalue weighted by molar-refractivity contribution is 7.87. The van der Waals surface area contributed by atoms with Gasteiger partial charge in [0.15, 0.2) is 11.6 Å². The molecule has 112 valence electrons. The van der Waals surface area contributed by atoms with Gasteiger partial charge in [0.05, 0.1) is 0 Å². The first-order valence-electron chi connectivity index (χ1n) is 6.29. The van der Waals surface area contributed by atoms with E-state index in [-0.39, 0.29) is 5.75 Å². The molecule has 0 fully saturated rings. The third kappa shape index (κ3) is 3.58. The zero-order chi connectivity index (χ0) is 15.6. The highest BCUT2D eigenvalue weighted by Crippen LogP contribution is 2.22. The molecule has 0 unspecified atom stereocenters. The van der Waals surface area contributed by atoms with Crippen molar-refractivity contribution in [1.29, 1.82) is 0 Å². The first-order valence-corrected chi connectivity index (χ1v) is 7.70. The van der Waals surface area contributed by atoms with E-state index in [4.69, 9.17) is 4.18 Å². The van der Waals surface area contributed by atoms with Gasteiger partial charge in [-0.25, -0.2) is 8.78 Å². The van der Waals surface area contributed by atoms with Gasteiger partial charge in [0.2, 0.25) is 0 Å². The van der Waals surface area contributed by atoms with E-state index < -0.39 is 26.6 Å². The van der Waals surface area contributed by atoms with Gasteiger partial charge < -0.3 is 4.18 Å². The molecule has 6 heteroatoms. The number of hydrogen-bond donors (Lipinski definition) is 0. The van der Waals surface area contributed by atoms with E-state index in [0.717, 1.165) is 17.7 Å². The van der Waals surface area contributed by atoms with Crippen LogP contribution in [0.4, 0.5) is 8.78 Å². The molecule has 0 aliphatic rings. The number of hydrogen-bond acceptors (Lipinski definition) is 3. The molecular formula is C15H14F2O3S. The van der Waals surface area contributed by atoms with E-state index >= 15 is 0 Å². The quantitative estimate of drug-likeness (QED) is 0.805. The fraction of sp³-hybridized carbons (Fsp3) is 0.200. The van der Waals surface area contributed by atoms with Crippen LogP contribution < -0.4 is 4.18 Å². The van der Waals surface area contributed by atoms with Crippen molar-refractivity contribution >= 4 is 10.1 Å². The van der Waals surface area contributed by atoms with Crippen molar-refractivity contribution in [2.45, 2.75) is 24.7 Å². The number of halogens is 2. The lowest BCUT2D eigenvalue weighted by Gasteiger charge is -2.09. The molecule has 2 aromatic carbocycles. The van der Waals surface area contributed by atoms with E-state index in [1.54, 1.807) is 12.1 Å². The van der Waals surface area contributed by atoms with Crippen molar-refractivity contribution in [2.24, 2.45) is 0 Å². The second-order valence-electron chi connectivity index (χ2n) is 4.84. The van der Waals surface area contributed by atoms with Crippen LogP contribution in [0.25, 0.3) is 0 Å². The van der Waals surface area contributed by atoms with Gasteiger partial charge in [0, 0.05) is 0 Å². The van der Waals surface area contributed by atoms with Crippen LogP contribution in [-0.2, 0) is 10.1 Å². The van der Waals surface area contributed by atoms with Crippen LogP contribution in [0.3, 0.4) is 0 Å². The Kier molecular flexibility index (Phi) is 4.27. The summed E-state index contributed by atoms with van der Waals surface area (Å²) in [6.07, 6.45) is 0. The van der Waals surface area contributed by atoms with Crippen LogP contribution in [-0.4, -0.2) is 8.42 Å². The van der Waals surface area contributed by atoms with Gasteiger partial charge in [-0.2, -0.15) is 8.42 Å². The average molecular weight is 312 g/mol. The van der Waals surface area contributed by atoms with Crippen molar-refractivity contribution in [3.8, 4) is 5.75 Å². The Hall–Kier alpha value is -1.95. The Morgan fingerprint density at radius 3 is 2.10 bits per heavy atom. The zero-order valence-electron chi connectivity index (χ0n) is 11.5. The molecule has 2 rings (SSSR count). The molecule has 0 bridgehead atoms. The SMILES string of the molecule is CC(C)c1ccc(OS(=O)(=O)c2ccc(F)c(F)c2)cc1. The van der Waals surface area contributed by atoms with E-state index in [0.29, 0.717) is 12.0 Å². The fourth-order valence-corrected chi connectivity index (χ4v) is 2.66. The normalized spacial score (nSPS) is 11.7. The van der Waals surface area contributed by atoms with Crippen LogP contribution in [0, 0.1) is 11.6 Å². The van der Waals surface area contributed by atoms with Crippen molar-refractivity contribution in [2.75, 3.05) is 0 Å². The minimum absolute atomic E-state index is 0.115. The monoisotopic (exact) mass is 312 g/mol. The average Bonchev–Trinajstić information content (AvgIpc) is 2.42. The van der Waals surface area contributed by atoms with E-state index in [9.17, 15) is 17.2 Å². The second-order valence-corrected chi connectivity index (χ2v) is 6.38. The lowest BCUT2D eigenvalue weighted by atomic mass is 10.0. The minimum Gasteiger partial charge on any atom is -0.379 e. The molecule has 0 heterocycles. The van der Waals surface area contributed by atoms with Crippen LogP contribution in [0.1, 0.15) is 25.3 Å². The Morgan fingerprint density at radius 2 is 1.57 bits per heavy atom. The molecule has 0 radical (unpaired) electrons. The summed E-state index contributed by atoms with van der Waals surface area (Å²) in [4.78, 5) is -0.436. The van der Waals surface area contributed by atoms with E-state index in [2.05, 4.69) is 0 Å². The predicted octanol–water partition coefficient (Wildman–Crippen LogP) is 3.86. The van der Waals surface area contributed by atoms with E-state index in [1.165, 1.54) is 12.1 Å². The maximum absolute atomic E-state index is 13.1. The summed E-state index contributed by atoms with van der Waals surface area (Å²) in [7, 11) is -4.19. The van der Waals surface area contributed by atoms with Gasteiger partial charge in [-0.15, -0.1) is 0 Å². The molecule has 0 aliphatic carbocycles. The Labute approximate surface area is 122 Å². The molecular weight excluding hydrogens is 298 g/mol. The maximum Gasteiger partial charge on any atom is 0.339 e. The lowest BCUT2D eigenvalue weighted by molar-refractivity contribution is 0.479.